The molecule has 0 bridgehead atoms. The SMILES string of the molecule is C[C@H](NCc1nccc(N)n1)c1nc(-c2ccccc2)cs1. The van der Waals surface area contributed by atoms with Gasteiger partial charge in [0, 0.05) is 17.1 Å². The molecule has 5 nitrogen and oxygen atoms in total. The molecule has 1 atom stereocenters. The van der Waals surface area contributed by atoms with E-state index in [0.717, 1.165) is 16.3 Å². The molecule has 22 heavy (non-hydrogen) atoms. The molecule has 0 unspecified atom stereocenters. The Balaban J connectivity index is 1.66. The van der Waals surface area contributed by atoms with E-state index in [0.29, 0.717) is 18.2 Å². The van der Waals surface area contributed by atoms with Gasteiger partial charge in [0.1, 0.15) is 16.6 Å². The number of thiazole rings is 1. The Hall–Kier alpha value is -2.31. The molecule has 3 aromatic rings. The first-order chi connectivity index (χ1) is 10.7. The van der Waals surface area contributed by atoms with Crippen molar-refractivity contribution in [3.63, 3.8) is 0 Å². The van der Waals surface area contributed by atoms with Crippen LogP contribution in [0.15, 0.2) is 48.0 Å². The van der Waals surface area contributed by atoms with Gasteiger partial charge in [-0.25, -0.2) is 15.0 Å². The number of nitrogens with zero attached hydrogens (tertiary/aromatic N) is 3. The maximum atomic E-state index is 5.65. The van der Waals surface area contributed by atoms with Crippen molar-refractivity contribution in [1.29, 1.82) is 0 Å². The van der Waals surface area contributed by atoms with Gasteiger partial charge in [-0.05, 0) is 13.0 Å². The monoisotopic (exact) mass is 311 g/mol. The molecule has 2 heterocycles. The number of hydrogen-bond donors (Lipinski definition) is 2. The maximum Gasteiger partial charge on any atom is 0.144 e. The van der Waals surface area contributed by atoms with Crippen molar-refractivity contribution >= 4 is 17.2 Å². The van der Waals surface area contributed by atoms with E-state index in [4.69, 9.17) is 10.7 Å². The molecule has 112 valence electrons. The van der Waals surface area contributed by atoms with E-state index in [1.807, 2.05) is 18.2 Å². The van der Waals surface area contributed by atoms with Gasteiger partial charge in [0.05, 0.1) is 18.3 Å². The summed E-state index contributed by atoms with van der Waals surface area (Å²) in [5.41, 5.74) is 7.80. The van der Waals surface area contributed by atoms with Gasteiger partial charge in [-0.1, -0.05) is 30.3 Å². The van der Waals surface area contributed by atoms with Gasteiger partial charge in [0.15, 0.2) is 0 Å². The Labute approximate surface area is 133 Å². The van der Waals surface area contributed by atoms with Gasteiger partial charge >= 0.3 is 0 Å². The lowest BCUT2D eigenvalue weighted by molar-refractivity contribution is 0.557. The topological polar surface area (TPSA) is 76.7 Å². The van der Waals surface area contributed by atoms with Gasteiger partial charge in [0.25, 0.3) is 0 Å². The van der Waals surface area contributed by atoms with Crippen LogP contribution < -0.4 is 11.1 Å². The lowest BCUT2D eigenvalue weighted by Gasteiger charge is -2.10. The minimum atomic E-state index is 0.132. The van der Waals surface area contributed by atoms with Crippen molar-refractivity contribution in [3.05, 3.63) is 58.8 Å². The molecule has 3 rings (SSSR count). The third-order valence-corrected chi connectivity index (χ3v) is 4.28. The smallest absolute Gasteiger partial charge is 0.144 e. The van der Waals surface area contributed by atoms with E-state index in [9.17, 15) is 0 Å². The van der Waals surface area contributed by atoms with Crippen LogP contribution in [-0.2, 0) is 6.54 Å². The van der Waals surface area contributed by atoms with Crippen LogP contribution in [0, 0.1) is 0 Å². The van der Waals surface area contributed by atoms with E-state index in [2.05, 4.69) is 39.7 Å². The zero-order chi connectivity index (χ0) is 15.4. The Morgan fingerprint density at radius 3 is 2.77 bits per heavy atom. The van der Waals surface area contributed by atoms with Gasteiger partial charge in [0.2, 0.25) is 0 Å². The summed E-state index contributed by atoms with van der Waals surface area (Å²) in [5, 5.41) is 6.50. The highest BCUT2D eigenvalue weighted by atomic mass is 32.1. The van der Waals surface area contributed by atoms with Crippen molar-refractivity contribution in [2.45, 2.75) is 19.5 Å². The second-order valence-electron chi connectivity index (χ2n) is 4.94. The van der Waals surface area contributed by atoms with E-state index in [1.165, 1.54) is 0 Å². The molecular weight excluding hydrogens is 294 g/mol. The molecule has 0 spiro atoms. The summed E-state index contributed by atoms with van der Waals surface area (Å²) in [4.78, 5) is 13.1. The fourth-order valence-corrected chi connectivity index (χ4v) is 2.92. The highest BCUT2D eigenvalue weighted by Gasteiger charge is 2.11. The first kappa shape index (κ1) is 14.6. The van der Waals surface area contributed by atoms with Crippen LogP contribution in [0.2, 0.25) is 0 Å². The molecule has 3 N–H and O–H groups in total. The van der Waals surface area contributed by atoms with E-state index < -0.39 is 0 Å². The summed E-state index contributed by atoms with van der Waals surface area (Å²) in [6.45, 7) is 2.65. The first-order valence-electron chi connectivity index (χ1n) is 7.04. The number of benzene rings is 1. The molecular formula is C16H17N5S. The van der Waals surface area contributed by atoms with Gasteiger partial charge in [-0.3, -0.25) is 0 Å². The highest BCUT2D eigenvalue weighted by molar-refractivity contribution is 7.10. The number of nitrogen functional groups attached to an aromatic ring is 1. The lowest BCUT2D eigenvalue weighted by Crippen LogP contribution is -2.19. The van der Waals surface area contributed by atoms with E-state index >= 15 is 0 Å². The van der Waals surface area contributed by atoms with E-state index in [1.54, 1.807) is 23.6 Å². The predicted octanol–water partition coefficient (Wildman–Crippen LogP) is 3.03. The molecule has 0 saturated carbocycles. The predicted molar refractivity (Wildman–Crippen MR) is 89.2 cm³/mol. The summed E-state index contributed by atoms with van der Waals surface area (Å²) in [5.74, 6) is 1.17. The van der Waals surface area contributed by atoms with Crippen molar-refractivity contribution < 1.29 is 0 Å². The molecule has 0 saturated heterocycles. The lowest BCUT2D eigenvalue weighted by atomic mass is 10.2. The van der Waals surface area contributed by atoms with Crippen LogP contribution in [-0.4, -0.2) is 15.0 Å². The van der Waals surface area contributed by atoms with Crippen molar-refractivity contribution in [2.24, 2.45) is 0 Å². The third kappa shape index (κ3) is 3.47. The Kier molecular flexibility index (Phi) is 4.41. The average Bonchev–Trinajstić information content (AvgIpc) is 3.04. The van der Waals surface area contributed by atoms with Gasteiger partial charge in [-0.2, -0.15) is 0 Å². The fourth-order valence-electron chi connectivity index (χ4n) is 2.06. The van der Waals surface area contributed by atoms with Crippen molar-refractivity contribution in [2.75, 3.05) is 5.73 Å². The molecule has 6 heteroatoms. The Morgan fingerprint density at radius 1 is 1.18 bits per heavy atom. The van der Waals surface area contributed by atoms with Crippen LogP contribution in [0.25, 0.3) is 11.3 Å². The summed E-state index contributed by atoms with van der Waals surface area (Å²) in [6, 6.07) is 12.0. The van der Waals surface area contributed by atoms with Crippen molar-refractivity contribution in [3.8, 4) is 11.3 Å². The summed E-state index contributed by atoms with van der Waals surface area (Å²) in [6.07, 6.45) is 1.67. The largest absolute Gasteiger partial charge is 0.384 e. The number of anilines is 1. The quantitative estimate of drug-likeness (QED) is 0.757. The zero-order valence-corrected chi connectivity index (χ0v) is 13.0. The first-order valence-corrected chi connectivity index (χ1v) is 7.92. The molecule has 2 aromatic heterocycles. The molecule has 0 amide bonds. The van der Waals surface area contributed by atoms with Crippen molar-refractivity contribution in [1.82, 2.24) is 20.3 Å². The molecule has 0 aliphatic rings. The molecule has 0 fully saturated rings. The highest BCUT2D eigenvalue weighted by Crippen LogP contribution is 2.25. The normalized spacial score (nSPS) is 12.2. The number of aromatic nitrogens is 3. The number of nitrogens with two attached hydrogens (primary N) is 1. The van der Waals surface area contributed by atoms with Crippen LogP contribution in [0.5, 0.6) is 0 Å². The second kappa shape index (κ2) is 6.64. The molecule has 1 aromatic carbocycles. The number of rotatable bonds is 5. The maximum absolute atomic E-state index is 5.65. The van der Waals surface area contributed by atoms with Crippen LogP contribution in [0.1, 0.15) is 23.8 Å². The summed E-state index contributed by atoms with van der Waals surface area (Å²) in [7, 11) is 0. The fraction of sp³-hybridized carbons (Fsp3) is 0.188. The summed E-state index contributed by atoms with van der Waals surface area (Å²) >= 11 is 1.65. The summed E-state index contributed by atoms with van der Waals surface area (Å²) < 4.78 is 0. The number of nitrogens with one attached hydrogen (secondary N) is 1. The Bertz CT molecular complexity index is 741. The minimum Gasteiger partial charge on any atom is -0.384 e. The minimum absolute atomic E-state index is 0.132. The second-order valence-corrected chi connectivity index (χ2v) is 5.83. The van der Waals surface area contributed by atoms with Gasteiger partial charge < -0.3 is 11.1 Å². The zero-order valence-electron chi connectivity index (χ0n) is 12.2. The third-order valence-electron chi connectivity index (χ3n) is 3.26. The number of hydrogen-bond acceptors (Lipinski definition) is 6. The van der Waals surface area contributed by atoms with Crippen LogP contribution >= 0.6 is 11.3 Å². The van der Waals surface area contributed by atoms with Crippen LogP contribution in [0.3, 0.4) is 0 Å². The average molecular weight is 311 g/mol. The molecule has 0 radical (unpaired) electrons. The Morgan fingerprint density at radius 2 is 2.00 bits per heavy atom. The molecule has 0 aliphatic heterocycles. The van der Waals surface area contributed by atoms with Gasteiger partial charge in [-0.15, -0.1) is 11.3 Å². The van der Waals surface area contributed by atoms with E-state index in [-0.39, 0.29) is 6.04 Å². The standard InChI is InChI=1S/C16H17N5S/c1-11(19-9-15-18-8-7-14(17)21-15)16-20-13(10-22-16)12-5-3-2-4-6-12/h2-8,10-11,19H,9H2,1H3,(H2,17,18,21)/t11-/m0/s1. The molecule has 0 aliphatic carbocycles. The van der Waals surface area contributed by atoms with Crippen LogP contribution in [0.4, 0.5) is 5.82 Å².